The number of aromatic nitrogens is 1. The van der Waals surface area contributed by atoms with Gasteiger partial charge in [-0.2, -0.15) is 0 Å². The molecule has 0 amide bonds. The molecule has 1 heterocycles. The summed E-state index contributed by atoms with van der Waals surface area (Å²) >= 11 is 5.97. The molecule has 0 aliphatic rings. The van der Waals surface area contributed by atoms with Gasteiger partial charge in [0, 0.05) is 10.7 Å². The normalized spacial score (nSPS) is 10.9. The molecule has 0 saturated heterocycles. The number of oxazole rings is 1. The van der Waals surface area contributed by atoms with Crippen LogP contribution in [0.4, 0.5) is 5.69 Å². The van der Waals surface area contributed by atoms with Crippen LogP contribution in [-0.4, -0.2) is 4.98 Å². The maximum absolute atomic E-state index is 5.97. The summed E-state index contributed by atoms with van der Waals surface area (Å²) in [6.45, 7) is 2.19. The van der Waals surface area contributed by atoms with Crippen molar-refractivity contribution in [3.63, 3.8) is 0 Å². The first-order valence-electron chi connectivity index (χ1n) is 6.16. The molecule has 0 spiro atoms. The molecule has 3 aromatic rings. The zero-order valence-corrected chi connectivity index (χ0v) is 11.6. The fourth-order valence-corrected chi connectivity index (χ4v) is 2.02. The number of halogens is 1. The number of aryl methyl sites for hydroxylation is 1. The quantitative estimate of drug-likeness (QED) is 0.741. The maximum atomic E-state index is 5.97. The number of hydrogen-bond donors (Lipinski definition) is 1. The monoisotopic (exact) mass is 288 g/mol. The third-order valence-electron chi connectivity index (χ3n) is 2.95. The van der Waals surface area contributed by atoms with Crippen molar-refractivity contribution in [2.24, 2.45) is 0 Å². The van der Waals surface area contributed by atoms with Crippen LogP contribution in [-0.2, 0) is 6.61 Å². The van der Waals surface area contributed by atoms with Gasteiger partial charge in [0.15, 0.2) is 12.2 Å². The number of nitrogens with two attached hydrogens (primary N) is 1. The Morgan fingerprint density at radius 2 is 2.10 bits per heavy atom. The Kier molecular flexibility index (Phi) is 3.24. The molecule has 0 aliphatic heterocycles. The van der Waals surface area contributed by atoms with Gasteiger partial charge in [0.2, 0.25) is 5.89 Å². The highest BCUT2D eigenvalue weighted by Gasteiger charge is 2.07. The van der Waals surface area contributed by atoms with Gasteiger partial charge in [-0.15, -0.1) is 0 Å². The van der Waals surface area contributed by atoms with Crippen molar-refractivity contribution in [3.05, 3.63) is 52.9 Å². The molecule has 0 radical (unpaired) electrons. The number of benzene rings is 2. The van der Waals surface area contributed by atoms with Crippen LogP contribution in [0.5, 0.6) is 5.75 Å². The topological polar surface area (TPSA) is 61.3 Å². The lowest BCUT2D eigenvalue weighted by Crippen LogP contribution is -1.95. The average molecular weight is 289 g/mol. The number of hydrogen-bond acceptors (Lipinski definition) is 4. The van der Waals surface area contributed by atoms with Crippen LogP contribution < -0.4 is 10.5 Å². The Morgan fingerprint density at radius 3 is 2.90 bits per heavy atom. The van der Waals surface area contributed by atoms with Crippen molar-refractivity contribution in [1.82, 2.24) is 4.98 Å². The Balaban J connectivity index is 1.77. The minimum absolute atomic E-state index is 0.260. The van der Waals surface area contributed by atoms with E-state index >= 15 is 0 Å². The van der Waals surface area contributed by atoms with E-state index < -0.39 is 0 Å². The van der Waals surface area contributed by atoms with Crippen LogP contribution >= 0.6 is 11.6 Å². The molecule has 20 heavy (non-hydrogen) atoms. The van der Waals surface area contributed by atoms with Gasteiger partial charge in [0.1, 0.15) is 11.3 Å². The van der Waals surface area contributed by atoms with Gasteiger partial charge in [-0.05, 0) is 48.9 Å². The van der Waals surface area contributed by atoms with E-state index in [-0.39, 0.29) is 6.61 Å². The predicted octanol–water partition coefficient (Wildman–Crippen LogP) is 3.95. The number of nitrogens with zero attached hydrogens (tertiary/aromatic N) is 1. The van der Waals surface area contributed by atoms with Crippen LogP contribution in [0.3, 0.4) is 0 Å². The van der Waals surface area contributed by atoms with Crippen molar-refractivity contribution < 1.29 is 9.15 Å². The van der Waals surface area contributed by atoms with E-state index in [0.29, 0.717) is 17.2 Å². The second kappa shape index (κ2) is 5.06. The summed E-state index contributed by atoms with van der Waals surface area (Å²) in [6.07, 6.45) is 0. The van der Waals surface area contributed by atoms with Gasteiger partial charge in [-0.25, -0.2) is 4.98 Å². The van der Waals surface area contributed by atoms with E-state index in [1.54, 1.807) is 24.3 Å². The summed E-state index contributed by atoms with van der Waals surface area (Å²) < 4.78 is 11.2. The lowest BCUT2D eigenvalue weighted by atomic mass is 10.2. The molecular weight excluding hydrogens is 276 g/mol. The van der Waals surface area contributed by atoms with Crippen LogP contribution in [0.1, 0.15) is 11.5 Å². The summed E-state index contributed by atoms with van der Waals surface area (Å²) in [6, 6.07) is 10.8. The van der Waals surface area contributed by atoms with Gasteiger partial charge in [-0.3, -0.25) is 0 Å². The van der Waals surface area contributed by atoms with Crippen molar-refractivity contribution in [2.75, 3.05) is 5.73 Å². The zero-order chi connectivity index (χ0) is 14.1. The first-order valence-corrected chi connectivity index (χ1v) is 6.53. The largest absolute Gasteiger partial charge is 0.484 e. The highest BCUT2D eigenvalue weighted by molar-refractivity contribution is 6.31. The molecule has 0 fully saturated rings. The smallest absolute Gasteiger partial charge is 0.233 e. The van der Waals surface area contributed by atoms with Gasteiger partial charge in [-0.1, -0.05) is 11.6 Å². The fourth-order valence-electron chi connectivity index (χ4n) is 1.91. The molecule has 2 N–H and O–H groups in total. The molecule has 4 nitrogen and oxygen atoms in total. The molecule has 0 saturated carbocycles. The van der Waals surface area contributed by atoms with Crippen LogP contribution in [0, 0.1) is 6.92 Å². The summed E-state index contributed by atoms with van der Waals surface area (Å²) in [5.41, 5.74) is 8.76. The van der Waals surface area contributed by atoms with E-state index in [9.17, 15) is 0 Å². The van der Waals surface area contributed by atoms with Gasteiger partial charge >= 0.3 is 0 Å². The Labute approximate surface area is 121 Å². The highest BCUT2D eigenvalue weighted by Crippen LogP contribution is 2.23. The Bertz CT molecular complexity index is 768. The second-order valence-electron chi connectivity index (χ2n) is 4.53. The molecule has 0 aliphatic carbocycles. The number of anilines is 1. The lowest BCUT2D eigenvalue weighted by molar-refractivity contribution is 0.267. The third kappa shape index (κ3) is 2.56. The molecule has 0 atom stereocenters. The van der Waals surface area contributed by atoms with Crippen LogP contribution in [0.2, 0.25) is 5.02 Å². The Morgan fingerprint density at radius 1 is 1.25 bits per heavy atom. The summed E-state index contributed by atoms with van der Waals surface area (Å²) in [4.78, 5) is 4.33. The average Bonchev–Trinajstić information content (AvgIpc) is 2.82. The van der Waals surface area contributed by atoms with E-state index in [1.807, 2.05) is 19.1 Å². The van der Waals surface area contributed by atoms with Crippen molar-refractivity contribution in [3.8, 4) is 5.75 Å². The first kappa shape index (κ1) is 12.8. The standard InChI is InChI=1S/C15H13ClN2O2/c1-9-6-11(3-4-12(9)16)19-8-15-18-13-7-10(17)2-5-14(13)20-15/h2-7H,8,17H2,1H3. The molecule has 1 aromatic heterocycles. The number of rotatable bonds is 3. The summed E-state index contributed by atoms with van der Waals surface area (Å²) in [7, 11) is 0. The van der Waals surface area contributed by atoms with Crippen molar-refractivity contribution in [2.45, 2.75) is 13.5 Å². The van der Waals surface area contributed by atoms with E-state index in [1.165, 1.54) is 0 Å². The molecule has 2 aromatic carbocycles. The number of nitrogen functional groups attached to an aromatic ring is 1. The van der Waals surface area contributed by atoms with Gasteiger partial charge in [0.25, 0.3) is 0 Å². The SMILES string of the molecule is Cc1cc(OCc2nc3cc(N)ccc3o2)ccc1Cl. The van der Waals surface area contributed by atoms with E-state index in [4.69, 9.17) is 26.5 Å². The Hall–Kier alpha value is -2.20. The van der Waals surface area contributed by atoms with Crippen molar-refractivity contribution >= 4 is 28.4 Å². The van der Waals surface area contributed by atoms with E-state index in [0.717, 1.165) is 21.9 Å². The summed E-state index contributed by atoms with van der Waals surface area (Å²) in [5.74, 6) is 1.24. The van der Waals surface area contributed by atoms with Gasteiger partial charge < -0.3 is 14.9 Å². The minimum atomic E-state index is 0.260. The van der Waals surface area contributed by atoms with E-state index in [2.05, 4.69) is 4.98 Å². The number of fused-ring (bicyclic) bond motifs is 1. The second-order valence-corrected chi connectivity index (χ2v) is 4.94. The van der Waals surface area contributed by atoms with Crippen molar-refractivity contribution in [1.29, 1.82) is 0 Å². The molecule has 0 unspecified atom stereocenters. The fraction of sp³-hybridized carbons (Fsp3) is 0.133. The van der Waals surface area contributed by atoms with Crippen LogP contribution in [0.25, 0.3) is 11.1 Å². The predicted molar refractivity (Wildman–Crippen MR) is 78.9 cm³/mol. The zero-order valence-electron chi connectivity index (χ0n) is 10.9. The minimum Gasteiger partial charge on any atom is -0.484 e. The first-order chi connectivity index (χ1) is 9.61. The molecule has 3 rings (SSSR count). The molecule has 102 valence electrons. The summed E-state index contributed by atoms with van der Waals surface area (Å²) in [5, 5.41) is 0.717. The van der Waals surface area contributed by atoms with Gasteiger partial charge in [0.05, 0.1) is 0 Å². The molecule has 0 bridgehead atoms. The number of ether oxygens (including phenoxy) is 1. The maximum Gasteiger partial charge on any atom is 0.233 e. The highest BCUT2D eigenvalue weighted by atomic mass is 35.5. The molecular formula is C15H13ClN2O2. The lowest BCUT2D eigenvalue weighted by Gasteiger charge is -2.05. The third-order valence-corrected chi connectivity index (χ3v) is 3.37. The van der Waals surface area contributed by atoms with Crippen LogP contribution in [0.15, 0.2) is 40.8 Å². The molecule has 5 heteroatoms.